The zero-order valence-electron chi connectivity index (χ0n) is 7.73. The van der Waals surface area contributed by atoms with Gasteiger partial charge in [-0.15, -0.1) is 0 Å². The predicted octanol–water partition coefficient (Wildman–Crippen LogP) is -0.398. The lowest BCUT2D eigenvalue weighted by Crippen LogP contribution is -2.30. The van der Waals surface area contributed by atoms with E-state index in [9.17, 15) is 4.79 Å². The molecular formula is C9H13N3O2. The number of hydrogen-bond acceptors (Lipinski definition) is 4. The molecule has 0 saturated carbocycles. The number of aliphatic hydroxyl groups is 1. The zero-order chi connectivity index (χ0) is 10.2. The third-order valence-electron chi connectivity index (χ3n) is 1.51. The smallest absolute Gasteiger partial charge is 0.239 e. The van der Waals surface area contributed by atoms with Crippen LogP contribution in [0.2, 0.25) is 0 Å². The maximum atomic E-state index is 11.2. The van der Waals surface area contributed by atoms with Gasteiger partial charge >= 0.3 is 0 Å². The van der Waals surface area contributed by atoms with E-state index in [-0.39, 0.29) is 19.1 Å². The molecule has 1 rings (SSSR count). The number of hydrogen-bond donors (Lipinski definition) is 3. The molecule has 1 heterocycles. The Kier molecular flexibility index (Phi) is 4.60. The summed E-state index contributed by atoms with van der Waals surface area (Å²) in [5.74, 6) is 0.362. The lowest BCUT2D eigenvalue weighted by Gasteiger charge is -2.04. The minimum atomic E-state index is -0.169. The molecule has 76 valence electrons. The first kappa shape index (κ1) is 10.6. The Morgan fingerprint density at radius 1 is 1.50 bits per heavy atom. The molecule has 0 atom stereocenters. The second kappa shape index (κ2) is 6.06. The summed E-state index contributed by atoms with van der Waals surface area (Å²) in [5.41, 5.74) is 0. The Hall–Kier alpha value is -1.46. The molecule has 0 spiro atoms. The van der Waals surface area contributed by atoms with Crippen LogP contribution >= 0.6 is 0 Å². The van der Waals surface area contributed by atoms with Crippen molar-refractivity contribution in [3.63, 3.8) is 0 Å². The molecule has 1 amide bonds. The highest BCUT2D eigenvalue weighted by atomic mass is 16.3. The average Bonchev–Trinajstić information content (AvgIpc) is 2.20. The molecule has 3 N–H and O–H groups in total. The maximum Gasteiger partial charge on any atom is 0.239 e. The van der Waals surface area contributed by atoms with E-state index in [4.69, 9.17) is 5.11 Å². The standard InChI is InChI=1S/C9H13N3O2/c13-6-5-10-7-9(14)12-8-3-1-2-4-11-8/h1-4,10,13H,5-7H2,(H,11,12,14). The van der Waals surface area contributed by atoms with Gasteiger partial charge < -0.3 is 15.7 Å². The van der Waals surface area contributed by atoms with Crippen LogP contribution in [0.15, 0.2) is 24.4 Å². The third-order valence-corrected chi connectivity index (χ3v) is 1.51. The molecule has 1 aromatic heterocycles. The van der Waals surface area contributed by atoms with Crippen LogP contribution in [0.5, 0.6) is 0 Å². The Balaban J connectivity index is 2.27. The molecule has 0 aliphatic rings. The molecule has 5 heteroatoms. The average molecular weight is 195 g/mol. The zero-order valence-corrected chi connectivity index (χ0v) is 7.73. The molecule has 1 aromatic rings. The minimum Gasteiger partial charge on any atom is -0.395 e. The van der Waals surface area contributed by atoms with Crippen LogP contribution in [0, 0.1) is 0 Å². The van der Waals surface area contributed by atoms with Gasteiger partial charge in [-0.25, -0.2) is 4.98 Å². The van der Waals surface area contributed by atoms with Crippen molar-refractivity contribution in [2.45, 2.75) is 0 Å². The number of anilines is 1. The molecule has 0 aliphatic carbocycles. The van der Waals surface area contributed by atoms with Crippen LogP contribution < -0.4 is 10.6 Å². The number of pyridine rings is 1. The van der Waals surface area contributed by atoms with Crippen molar-refractivity contribution in [1.82, 2.24) is 10.3 Å². The molecule has 0 radical (unpaired) electrons. The normalized spacial score (nSPS) is 9.79. The van der Waals surface area contributed by atoms with Crippen molar-refractivity contribution in [2.75, 3.05) is 25.0 Å². The summed E-state index contributed by atoms with van der Waals surface area (Å²) in [6.07, 6.45) is 1.61. The molecule has 0 unspecified atom stereocenters. The van der Waals surface area contributed by atoms with Gasteiger partial charge in [0.1, 0.15) is 5.82 Å². The van der Waals surface area contributed by atoms with Gasteiger partial charge in [-0.1, -0.05) is 6.07 Å². The predicted molar refractivity (Wildman–Crippen MR) is 52.8 cm³/mol. The van der Waals surface area contributed by atoms with Crippen LogP contribution in [0.1, 0.15) is 0 Å². The van der Waals surface area contributed by atoms with Crippen molar-refractivity contribution < 1.29 is 9.90 Å². The monoisotopic (exact) mass is 195 g/mol. The van der Waals surface area contributed by atoms with Gasteiger partial charge in [0.25, 0.3) is 0 Å². The Labute approximate surface area is 82.2 Å². The first-order chi connectivity index (χ1) is 6.83. The number of aromatic nitrogens is 1. The highest BCUT2D eigenvalue weighted by Crippen LogP contribution is 1.98. The summed E-state index contributed by atoms with van der Waals surface area (Å²) in [4.78, 5) is 15.1. The van der Waals surface area contributed by atoms with E-state index in [0.717, 1.165) is 0 Å². The van der Waals surface area contributed by atoms with Crippen LogP contribution in [-0.2, 0) is 4.79 Å². The highest BCUT2D eigenvalue weighted by Gasteiger charge is 2.00. The number of carbonyl (C=O) groups excluding carboxylic acids is 1. The second-order valence-corrected chi connectivity index (χ2v) is 2.66. The SMILES string of the molecule is O=C(CNCCO)Nc1ccccn1. The van der Waals surface area contributed by atoms with Crippen LogP contribution in [0.25, 0.3) is 0 Å². The van der Waals surface area contributed by atoms with Gasteiger partial charge in [-0.3, -0.25) is 4.79 Å². The van der Waals surface area contributed by atoms with Gasteiger partial charge in [0.2, 0.25) is 5.91 Å². The largest absolute Gasteiger partial charge is 0.395 e. The maximum absolute atomic E-state index is 11.2. The quantitative estimate of drug-likeness (QED) is 0.559. The van der Waals surface area contributed by atoms with Crippen molar-refractivity contribution >= 4 is 11.7 Å². The lowest BCUT2D eigenvalue weighted by atomic mass is 10.4. The number of carbonyl (C=O) groups is 1. The Morgan fingerprint density at radius 2 is 2.36 bits per heavy atom. The Morgan fingerprint density at radius 3 is 3.00 bits per heavy atom. The van der Waals surface area contributed by atoms with Crippen LogP contribution in [-0.4, -0.2) is 35.7 Å². The number of nitrogens with zero attached hydrogens (tertiary/aromatic N) is 1. The molecule has 0 aromatic carbocycles. The third kappa shape index (κ3) is 3.97. The van der Waals surface area contributed by atoms with E-state index in [2.05, 4.69) is 15.6 Å². The van der Waals surface area contributed by atoms with E-state index in [1.54, 1.807) is 24.4 Å². The summed E-state index contributed by atoms with van der Waals surface area (Å²) in [6, 6.07) is 5.29. The van der Waals surface area contributed by atoms with Crippen molar-refractivity contribution in [2.24, 2.45) is 0 Å². The van der Waals surface area contributed by atoms with E-state index in [1.807, 2.05) is 0 Å². The summed E-state index contributed by atoms with van der Waals surface area (Å²) < 4.78 is 0. The van der Waals surface area contributed by atoms with Crippen molar-refractivity contribution in [3.8, 4) is 0 Å². The fourth-order valence-electron chi connectivity index (χ4n) is 0.905. The first-order valence-electron chi connectivity index (χ1n) is 4.35. The van der Waals surface area contributed by atoms with E-state index >= 15 is 0 Å². The summed E-state index contributed by atoms with van der Waals surface area (Å²) in [7, 11) is 0. The van der Waals surface area contributed by atoms with E-state index < -0.39 is 0 Å². The van der Waals surface area contributed by atoms with E-state index in [0.29, 0.717) is 12.4 Å². The summed E-state index contributed by atoms with van der Waals surface area (Å²) in [6.45, 7) is 0.615. The van der Waals surface area contributed by atoms with Crippen LogP contribution in [0.4, 0.5) is 5.82 Å². The molecule has 0 bridgehead atoms. The van der Waals surface area contributed by atoms with Gasteiger partial charge in [0, 0.05) is 12.7 Å². The molecular weight excluding hydrogens is 182 g/mol. The minimum absolute atomic E-state index is 0.0247. The second-order valence-electron chi connectivity index (χ2n) is 2.66. The topological polar surface area (TPSA) is 74.2 Å². The molecule has 0 fully saturated rings. The van der Waals surface area contributed by atoms with Crippen molar-refractivity contribution in [3.05, 3.63) is 24.4 Å². The van der Waals surface area contributed by atoms with Crippen molar-refractivity contribution in [1.29, 1.82) is 0 Å². The summed E-state index contributed by atoms with van der Waals surface area (Å²) >= 11 is 0. The number of nitrogens with one attached hydrogen (secondary N) is 2. The highest BCUT2D eigenvalue weighted by molar-refractivity contribution is 5.91. The molecule has 0 aliphatic heterocycles. The first-order valence-corrected chi connectivity index (χ1v) is 4.35. The Bertz CT molecular complexity index is 277. The molecule has 5 nitrogen and oxygen atoms in total. The number of aliphatic hydroxyl groups excluding tert-OH is 1. The van der Waals surface area contributed by atoms with Crippen LogP contribution in [0.3, 0.4) is 0 Å². The molecule has 14 heavy (non-hydrogen) atoms. The lowest BCUT2D eigenvalue weighted by molar-refractivity contribution is -0.115. The van der Waals surface area contributed by atoms with Gasteiger partial charge in [-0.2, -0.15) is 0 Å². The van der Waals surface area contributed by atoms with E-state index in [1.165, 1.54) is 0 Å². The number of amides is 1. The fourth-order valence-corrected chi connectivity index (χ4v) is 0.905. The van der Waals surface area contributed by atoms with Gasteiger partial charge in [0.15, 0.2) is 0 Å². The fraction of sp³-hybridized carbons (Fsp3) is 0.333. The van der Waals surface area contributed by atoms with Gasteiger partial charge in [-0.05, 0) is 12.1 Å². The number of rotatable bonds is 5. The van der Waals surface area contributed by atoms with Gasteiger partial charge in [0.05, 0.1) is 13.2 Å². The molecule has 0 saturated heterocycles. The summed E-state index contributed by atoms with van der Waals surface area (Å²) in [5, 5.41) is 13.8.